The lowest BCUT2D eigenvalue weighted by Crippen LogP contribution is -2.51. The Morgan fingerprint density at radius 2 is 1.46 bits per heavy atom. The Labute approximate surface area is 213 Å². The molecule has 0 aliphatic carbocycles. The third-order valence-corrected chi connectivity index (χ3v) is 7.03. The fourth-order valence-corrected chi connectivity index (χ4v) is 4.85. The lowest BCUT2D eigenvalue weighted by Gasteiger charge is -2.29. The number of anilines is 1. The van der Waals surface area contributed by atoms with E-state index >= 15 is 0 Å². The van der Waals surface area contributed by atoms with Gasteiger partial charge in [-0.15, -0.1) is 0 Å². The molecule has 200 valence electrons. The van der Waals surface area contributed by atoms with Gasteiger partial charge in [0.2, 0.25) is 5.75 Å². The molecule has 0 saturated heterocycles. The van der Waals surface area contributed by atoms with E-state index in [-0.39, 0.29) is 34.5 Å². The fourth-order valence-electron chi connectivity index (χ4n) is 3.40. The number of carbonyl (C=O) groups excluding carboxylic acids is 1. The molecule has 14 heteroatoms. The van der Waals surface area contributed by atoms with E-state index in [0.717, 1.165) is 7.11 Å². The summed E-state index contributed by atoms with van der Waals surface area (Å²) in [6.07, 6.45) is 2.59. The van der Waals surface area contributed by atoms with Crippen molar-refractivity contribution in [1.82, 2.24) is 9.97 Å². The summed E-state index contributed by atoms with van der Waals surface area (Å²) in [5, 5.41) is 0. The van der Waals surface area contributed by atoms with Crippen LogP contribution in [-0.2, 0) is 24.5 Å². The van der Waals surface area contributed by atoms with Gasteiger partial charge in [0.15, 0.2) is 17.3 Å². The zero-order chi connectivity index (χ0) is 27.2. The summed E-state index contributed by atoms with van der Waals surface area (Å²) in [5.74, 6) is -0.980. The van der Waals surface area contributed by atoms with Crippen molar-refractivity contribution >= 4 is 21.7 Å². The fraction of sp³-hybridized carbons (Fsp3) is 0.304. The molecule has 0 amide bonds. The van der Waals surface area contributed by atoms with Crippen molar-refractivity contribution in [2.75, 3.05) is 47.4 Å². The minimum Gasteiger partial charge on any atom is -0.497 e. The van der Waals surface area contributed by atoms with E-state index in [1.165, 1.54) is 78.3 Å². The highest BCUT2D eigenvalue weighted by Crippen LogP contribution is 2.43. The largest absolute Gasteiger partial charge is 0.497 e. The molecule has 0 fully saturated rings. The van der Waals surface area contributed by atoms with Crippen LogP contribution in [0.3, 0.4) is 0 Å². The van der Waals surface area contributed by atoms with Gasteiger partial charge in [0.25, 0.3) is 10.0 Å². The molecule has 1 aromatic heterocycles. The first-order valence-electron chi connectivity index (χ1n) is 10.5. The number of nitrogens with one attached hydrogen (secondary N) is 2. The van der Waals surface area contributed by atoms with E-state index in [0.29, 0.717) is 11.5 Å². The number of hydrogen-bond donors (Lipinski definition) is 2. The number of esters is 1. The average molecular weight is 538 g/mol. The second-order valence-electron chi connectivity index (χ2n) is 7.18. The van der Waals surface area contributed by atoms with Gasteiger partial charge in [-0.3, -0.25) is 4.72 Å². The first-order chi connectivity index (χ1) is 17.7. The summed E-state index contributed by atoms with van der Waals surface area (Å²) in [7, 11) is 3.10. The van der Waals surface area contributed by atoms with E-state index in [1.807, 2.05) is 0 Å². The van der Waals surface area contributed by atoms with Crippen molar-refractivity contribution in [3.05, 3.63) is 48.5 Å². The molecule has 3 aromatic rings. The molecule has 2 N–H and O–H groups in total. The SMILES string of the molecule is COc1ccc(NS(=O)(=O)C(OC)(C(=O)Oc2c(OC)cc(OC)cc2OC)c2ncc[nH]2)c(OC)c1. The maximum absolute atomic E-state index is 13.8. The predicted octanol–water partition coefficient (Wildman–Crippen LogP) is 2.30. The van der Waals surface area contributed by atoms with Crippen LogP contribution in [0.2, 0.25) is 0 Å². The summed E-state index contributed by atoms with van der Waals surface area (Å²) in [5.41, 5.74) is 0.00342. The van der Waals surface area contributed by atoms with Crippen LogP contribution in [0.25, 0.3) is 0 Å². The van der Waals surface area contributed by atoms with Gasteiger partial charge in [0.1, 0.15) is 17.2 Å². The second kappa shape index (κ2) is 11.3. The molecule has 1 atom stereocenters. The van der Waals surface area contributed by atoms with Crippen LogP contribution in [0.15, 0.2) is 42.7 Å². The van der Waals surface area contributed by atoms with Crippen LogP contribution in [0, 0.1) is 0 Å². The zero-order valence-electron chi connectivity index (χ0n) is 21.0. The molecule has 2 aromatic carbocycles. The van der Waals surface area contributed by atoms with Crippen molar-refractivity contribution < 1.29 is 46.4 Å². The van der Waals surface area contributed by atoms with Crippen LogP contribution >= 0.6 is 0 Å². The third-order valence-electron chi connectivity index (χ3n) is 5.26. The van der Waals surface area contributed by atoms with Crippen LogP contribution < -0.4 is 33.1 Å². The van der Waals surface area contributed by atoms with E-state index in [4.69, 9.17) is 33.2 Å². The van der Waals surface area contributed by atoms with Crippen molar-refractivity contribution in [2.24, 2.45) is 0 Å². The van der Waals surface area contributed by atoms with Gasteiger partial charge in [-0.1, -0.05) is 0 Å². The topological polar surface area (TPSA) is 157 Å². The molecule has 0 aliphatic rings. The van der Waals surface area contributed by atoms with E-state index < -0.39 is 20.9 Å². The maximum Gasteiger partial charge on any atom is 0.370 e. The molecule has 0 radical (unpaired) electrons. The number of benzene rings is 2. The molecule has 13 nitrogen and oxygen atoms in total. The highest BCUT2D eigenvalue weighted by molar-refractivity contribution is 7.94. The van der Waals surface area contributed by atoms with Crippen LogP contribution in [0.1, 0.15) is 5.82 Å². The number of imidazole rings is 1. The molecule has 0 aliphatic heterocycles. The summed E-state index contributed by atoms with van der Waals surface area (Å²) in [6.45, 7) is 0. The van der Waals surface area contributed by atoms with Crippen molar-refractivity contribution in [3.63, 3.8) is 0 Å². The number of hydrogen-bond acceptors (Lipinski definition) is 11. The predicted molar refractivity (Wildman–Crippen MR) is 131 cm³/mol. The number of carbonyl (C=O) groups is 1. The molecule has 0 bridgehead atoms. The van der Waals surface area contributed by atoms with Gasteiger partial charge in [-0.25, -0.2) is 18.2 Å². The Morgan fingerprint density at radius 3 is 1.95 bits per heavy atom. The first kappa shape index (κ1) is 27.4. The number of rotatable bonds is 12. The number of sulfonamides is 1. The molecule has 0 saturated carbocycles. The summed E-state index contributed by atoms with van der Waals surface area (Å²) in [6, 6.07) is 7.24. The smallest absolute Gasteiger partial charge is 0.370 e. The monoisotopic (exact) mass is 537 g/mol. The summed E-state index contributed by atoms with van der Waals surface area (Å²) in [4.78, 5) is 17.5. The van der Waals surface area contributed by atoms with E-state index in [9.17, 15) is 13.2 Å². The summed E-state index contributed by atoms with van der Waals surface area (Å²) < 4.78 is 67.2. The Bertz CT molecular complexity index is 1320. The van der Waals surface area contributed by atoms with Crippen molar-refractivity contribution in [1.29, 1.82) is 0 Å². The number of H-pyrrole nitrogens is 1. The number of ether oxygens (including phenoxy) is 7. The lowest BCUT2D eigenvalue weighted by molar-refractivity contribution is -0.151. The molecular formula is C23H27N3O10S. The standard InChI is InChI=1S/C23H27N3O10S/c1-30-14-7-8-16(17(11-14)32-3)26-37(28,29)23(35-6,21-24-9-10-25-21)22(27)36-20-18(33-4)12-15(31-2)13-19(20)34-5/h7-13,26H,1-6H3,(H,24,25). The van der Waals surface area contributed by atoms with Gasteiger partial charge in [0, 0.05) is 37.7 Å². The lowest BCUT2D eigenvalue weighted by atomic mass is 10.2. The quantitative estimate of drug-likeness (QED) is 0.258. The molecule has 1 unspecified atom stereocenters. The minimum atomic E-state index is -4.80. The highest BCUT2D eigenvalue weighted by Gasteiger charge is 2.58. The highest BCUT2D eigenvalue weighted by atomic mass is 32.2. The van der Waals surface area contributed by atoms with Crippen LogP contribution in [-0.4, -0.2) is 67.0 Å². The van der Waals surface area contributed by atoms with Gasteiger partial charge >= 0.3 is 10.9 Å². The number of aromatic amines is 1. The average Bonchev–Trinajstić information content (AvgIpc) is 3.44. The van der Waals surface area contributed by atoms with Crippen molar-refractivity contribution in [2.45, 2.75) is 4.93 Å². The molecule has 3 rings (SSSR count). The van der Waals surface area contributed by atoms with Gasteiger partial charge < -0.3 is 38.1 Å². The number of nitrogens with zero attached hydrogens (tertiary/aromatic N) is 1. The van der Waals surface area contributed by atoms with Gasteiger partial charge in [0.05, 0.1) is 41.2 Å². The first-order valence-corrected chi connectivity index (χ1v) is 12.0. The Balaban J connectivity index is 2.14. The normalized spacial score (nSPS) is 12.7. The van der Waals surface area contributed by atoms with Gasteiger partial charge in [-0.2, -0.15) is 0 Å². The summed E-state index contributed by atoms with van der Waals surface area (Å²) >= 11 is 0. The molecular weight excluding hydrogens is 510 g/mol. The molecule has 0 spiro atoms. The number of aromatic nitrogens is 2. The second-order valence-corrected chi connectivity index (χ2v) is 8.97. The maximum atomic E-state index is 13.8. The zero-order valence-corrected chi connectivity index (χ0v) is 21.8. The third kappa shape index (κ3) is 5.06. The van der Waals surface area contributed by atoms with E-state index in [2.05, 4.69) is 14.7 Å². The minimum absolute atomic E-state index is 0.00342. The Morgan fingerprint density at radius 1 is 0.865 bits per heavy atom. The van der Waals surface area contributed by atoms with Gasteiger partial charge in [-0.05, 0) is 12.1 Å². The molecule has 1 heterocycles. The van der Waals surface area contributed by atoms with Crippen LogP contribution in [0.5, 0.6) is 34.5 Å². The number of methoxy groups -OCH3 is 6. The van der Waals surface area contributed by atoms with Crippen molar-refractivity contribution in [3.8, 4) is 34.5 Å². The Hall–Kier alpha value is -4.17. The molecule has 37 heavy (non-hydrogen) atoms. The van der Waals surface area contributed by atoms with E-state index in [1.54, 1.807) is 0 Å². The Kier molecular flexibility index (Phi) is 8.35. The van der Waals surface area contributed by atoms with Crippen LogP contribution in [0.4, 0.5) is 5.69 Å².